The molecule has 0 aromatic carbocycles. The Morgan fingerprint density at radius 3 is 2.88 bits per heavy atom. The molecule has 0 amide bonds. The minimum absolute atomic E-state index is 0.233. The Balaban J connectivity index is 2.73. The van der Waals surface area contributed by atoms with Crippen LogP contribution in [0.5, 0.6) is 0 Å². The zero-order valence-corrected chi connectivity index (χ0v) is 9.01. The maximum Gasteiger partial charge on any atom is 0.354 e. The molecule has 6 nitrogen and oxygen atoms in total. The van der Waals surface area contributed by atoms with E-state index in [1.165, 1.54) is 19.4 Å². The molecule has 0 spiro atoms. The maximum absolute atomic E-state index is 11.1. The second kappa shape index (κ2) is 5.64. The van der Waals surface area contributed by atoms with Crippen molar-refractivity contribution in [3.05, 3.63) is 23.5 Å². The van der Waals surface area contributed by atoms with Gasteiger partial charge in [-0.05, 0) is 19.0 Å². The van der Waals surface area contributed by atoms with Crippen molar-refractivity contribution in [1.82, 2.24) is 4.98 Å². The number of aromatic nitrogens is 1. The summed E-state index contributed by atoms with van der Waals surface area (Å²) in [5, 5.41) is 19.2. The van der Waals surface area contributed by atoms with E-state index in [1.807, 2.05) is 0 Å². The van der Waals surface area contributed by atoms with Gasteiger partial charge in [0.15, 0.2) is 0 Å². The molecule has 2 atom stereocenters. The normalized spacial score (nSPS) is 14.5. The first-order valence-electron chi connectivity index (χ1n) is 4.93. The van der Waals surface area contributed by atoms with Crippen LogP contribution in [0.15, 0.2) is 12.3 Å². The van der Waals surface area contributed by atoms with Gasteiger partial charge in [-0.2, -0.15) is 0 Å². The Morgan fingerprint density at radius 2 is 2.31 bits per heavy atom. The Kier molecular flexibility index (Phi) is 4.48. The van der Waals surface area contributed by atoms with Gasteiger partial charge in [0.25, 0.3) is 0 Å². The minimum atomic E-state index is -1.06. The molecular formula is C10H16N2O4. The van der Waals surface area contributed by atoms with Crippen LogP contribution in [-0.2, 0) is 4.74 Å². The van der Waals surface area contributed by atoms with Crippen LogP contribution in [0.3, 0.4) is 0 Å². The number of rotatable bonds is 5. The van der Waals surface area contributed by atoms with Gasteiger partial charge in [-0.3, -0.25) is 0 Å². The standard InChI is InChI=1S/C10H16N2O4/c1-16-10(15)7-4-6(5-12-7)9(14)8(13)2-3-11/h4-5,8-9,12-14H,2-3,11H2,1H3. The van der Waals surface area contributed by atoms with E-state index >= 15 is 0 Å². The predicted octanol–water partition coefficient (Wildman–Crippen LogP) is -0.456. The lowest BCUT2D eigenvalue weighted by Crippen LogP contribution is -2.21. The van der Waals surface area contributed by atoms with E-state index in [0.717, 1.165) is 0 Å². The maximum atomic E-state index is 11.1. The Hall–Kier alpha value is -1.37. The third kappa shape index (κ3) is 2.82. The van der Waals surface area contributed by atoms with Crippen LogP contribution in [0.25, 0.3) is 0 Å². The largest absolute Gasteiger partial charge is 0.464 e. The first-order chi connectivity index (χ1) is 7.60. The van der Waals surface area contributed by atoms with Gasteiger partial charge in [-0.25, -0.2) is 4.79 Å². The van der Waals surface area contributed by atoms with Crippen molar-refractivity contribution < 1.29 is 19.7 Å². The lowest BCUT2D eigenvalue weighted by atomic mass is 10.1. The molecule has 0 aliphatic carbocycles. The zero-order valence-electron chi connectivity index (χ0n) is 9.01. The van der Waals surface area contributed by atoms with Crippen molar-refractivity contribution >= 4 is 5.97 Å². The van der Waals surface area contributed by atoms with E-state index in [9.17, 15) is 15.0 Å². The molecular weight excluding hydrogens is 212 g/mol. The summed E-state index contributed by atoms with van der Waals surface area (Å²) >= 11 is 0. The molecule has 0 aliphatic rings. The highest BCUT2D eigenvalue weighted by atomic mass is 16.5. The number of nitrogens with one attached hydrogen (secondary N) is 1. The summed E-state index contributed by atoms with van der Waals surface area (Å²) in [5.74, 6) is -0.522. The van der Waals surface area contributed by atoms with Crippen molar-refractivity contribution in [1.29, 1.82) is 0 Å². The highest BCUT2D eigenvalue weighted by Crippen LogP contribution is 2.19. The van der Waals surface area contributed by atoms with Gasteiger partial charge < -0.3 is 25.7 Å². The number of aliphatic hydroxyl groups excluding tert-OH is 2. The Bertz CT molecular complexity index is 350. The molecule has 0 aliphatic heterocycles. The molecule has 90 valence electrons. The second-order valence-corrected chi connectivity index (χ2v) is 3.43. The van der Waals surface area contributed by atoms with Crippen LogP contribution in [-0.4, -0.2) is 40.9 Å². The van der Waals surface area contributed by atoms with Crippen molar-refractivity contribution in [2.75, 3.05) is 13.7 Å². The quantitative estimate of drug-likeness (QED) is 0.510. The number of hydrogen-bond acceptors (Lipinski definition) is 5. The lowest BCUT2D eigenvalue weighted by molar-refractivity contribution is 0.0151. The van der Waals surface area contributed by atoms with Gasteiger partial charge >= 0.3 is 5.97 Å². The van der Waals surface area contributed by atoms with Gasteiger partial charge in [-0.15, -0.1) is 0 Å². The topological polar surface area (TPSA) is 109 Å². The summed E-state index contributed by atoms with van der Waals surface area (Å²) in [6.45, 7) is 0.284. The van der Waals surface area contributed by atoms with Crippen molar-refractivity contribution in [3.8, 4) is 0 Å². The molecule has 1 aromatic rings. The number of H-pyrrole nitrogens is 1. The van der Waals surface area contributed by atoms with Crippen LogP contribution in [0.4, 0.5) is 0 Å². The van der Waals surface area contributed by atoms with E-state index < -0.39 is 18.2 Å². The molecule has 16 heavy (non-hydrogen) atoms. The fourth-order valence-electron chi connectivity index (χ4n) is 1.36. The average Bonchev–Trinajstić information content (AvgIpc) is 2.76. The molecule has 0 saturated carbocycles. The third-order valence-corrected chi connectivity index (χ3v) is 2.28. The van der Waals surface area contributed by atoms with E-state index in [2.05, 4.69) is 9.72 Å². The summed E-state index contributed by atoms with van der Waals surface area (Å²) in [6, 6.07) is 1.44. The molecule has 6 heteroatoms. The zero-order chi connectivity index (χ0) is 12.1. The van der Waals surface area contributed by atoms with Crippen LogP contribution in [0, 0.1) is 0 Å². The molecule has 1 rings (SSSR count). The van der Waals surface area contributed by atoms with Gasteiger partial charge in [0.2, 0.25) is 0 Å². The monoisotopic (exact) mass is 228 g/mol. The van der Waals surface area contributed by atoms with Crippen LogP contribution in [0.1, 0.15) is 28.6 Å². The van der Waals surface area contributed by atoms with Gasteiger partial charge in [0.1, 0.15) is 11.8 Å². The Labute approximate surface area is 93.0 Å². The number of esters is 1. The Morgan fingerprint density at radius 1 is 1.62 bits per heavy atom. The molecule has 0 radical (unpaired) electrons. The summed E-state index contributed by atoms with van der Waals surface area (Å²) in [7, 11) is 1.27. The molecule has 1 aromatic heterocycles. The number of aromatic amines is 1. The first-order valence-corrected chi connectivity index (χ1v) is 4.93. The number of carbonyl (C=O) groups is 1. The van der Waals surface area contributed by atoms with Crippen molar-refractivity contribution in [2.45, 2.75) is 18.6 Å². The highest BCUT2D eigenvalue weighted by Gasteiger charge is 2.20. The number of hydrogen-bond donors (Lipinski definition) is 4. The number of nitrogens with two attached hydrogens (primary N) is 1. The van der Waals surface area contributed by atoms with Crippen LogP contribution in [0.2, 0.25) is 0 Å². The van der Waals surface area contributed by atoms with Gasteiger partial charge in [0, 0.05) is 11.8 Å². The van der Waals surface area contributed by atoms with Crippen LogP contribution >= 0.6 is 0 Å². The average molecular weight is 228 g/mol. The molecule has 5 N–H and O–H groups in total. The summed E-state index contributed by atoms with van der Waals surface area (Å²) in [4.78, 5) is 13.8. The van der Waals surface area contributed by atoms with Crippen molar-refractivity contribution in [2.24, 2.45) is 5.73 Å². The smallest absolute Gasteiger partial charge is 0.354 e. The minimum Gasteiger partial charge on any atom is -0.464 e. The number of ether oxygens (including phenoxy) is 1. The van der Waals surface area contributed by atoms with Crippen molar-refractivity contribution in [3.63, 3.8) is 0 Å². The molecule has 0 bridgehead atoms. The molecule has 0 saturated heterocycles. The fourth-order valence-corrected chi connectivity index (χ4v) is 1.36. The highest BCUT2D eigenvalue weighted by molar-refractivity contribution is 5.87. The second-order valence-electron chi connectivity index (χ2n) is 3.43. The van der Waals surface area contributed by atoms with E-state index in [0.29, 0.717) is 12.0 Å². The number of carbonyl (C=O) groups excluding carboxylic acids is 1. The van der Waals surface area contributed by atoms with Gasteiger partial charge in [-0.1, -0.05) is 0 Å². The molecule has 2 unspecified atom stereocenters. The van der Waals surface area contributed by atoms with Gasteiger partial charge in [0.05, 0.1) is 13.2 Å². The SMILES string of the molecule is COC(=O)c1cc(C(O)C(O)CCN)c[nH]1. The summed E-state index contributed by atoms with van der Waals surface area (Å²) in [6.07, 6.45) is -0.249. The van der Waals surface area contributed by atoms with E-state index in [4.69, 9.17) is 5.73 Å². The lowest BCUT2D eigenvalue weighted by Gasteiger charge is -2.15. The number of methoxy groups -OCH3 is 1. The number of aliphatic hydroxyl groups is 2. The third-order valence-electron chi connectivity index (χ3n) is 2.28. The summed E-state index contributed by atoms with van der Waals surface area (Å²) < 4.78 is 4.50. The van der Waals surface area contributed by atoms with E-state index in [1.54, 1.807) is 0 Å². The molecule has 1 heterocycles. The van der Waals surface area contributed by atoms with Crippen LogP contribution < -0.4 is 5.73 Å². The fraction of sp³-hybridized carbons (Fsp3) is 0.500. The molecule has 0 fully saturated rings. The first kappa shape index (κ1) is 12.7. The van der Waals surface area contributed by atoms with E-state index in [-0.39, 0.29) is 12.2 Å². The summed E-state index contributed by atoms with van der Waals surface area (Å²) in [5.41, 5.74) is 5.93. The predicted molar refractivity (Wildman–Crippen MR) is 56.8 cm³/mol.